The predicted octanol–water partition coefficient (Wildman–Crippen LogP) is 1.45. The van der Waals surface area contributed by atoms with Crippen LogP contribution in [0.1, 0.15) is 32.6 Å². The number of hydrogen-bond donors (Lipinski definition) is 2. The van der Waals surface area contributed by atoms with Crippen LogP contribution in [-0.4, -0.2) is 11.0 Å². The van der Waals surface area contributed by atoms with Crippen LogP contribution in [0.2, 0.25) is 0 Å². The number of allylic oxidation sites excluding steroid dienone is 1. The van der Waals surface area contributed by atoms with Crippen molar-refractivity contribution in [3.63, 3.8) is 0 Å². The molecule has 0 aromatic heterocycles. The Morgan fingerprint density at radius 1 is 1.29 bits per heavy atom. The van der Waals surface area contributed by atoms with Crippen LogP contribution in [-0.2, 0) is 4.79 Å². The third-order valence-corrected chi connectivity index (χ3v) is 3.13. The van der Waals surface area contributed by atoms with Gasteiger partial charge in [-0.2, -0.15) is 0 Å². The second kappa shape index (κ2) is 3.69. The minimum atomic E-state index is -0.0560. The second-order valence-electron chi connectivity index (χ2n) is 4.07. The highest BCUT2D eigenvalue weighted by Gasteiger charge is 2.25. The first-order valence-corrected chi connectivity index (χ1v) is 5.42. The molecule has 2 N–H and O–H groups in total. The highest BCUT2D eigenvalue weighted by molar-refractivity contribution is 7.80. The maximum atomic E-state index is 11.4. The van der Waals surface area contributed by atoms with E-state index < -0.39 is 0 Å². The van der Waals surface area contributed by atoms with Crippen LogP contribution in [0.25, 0.3) is 0 Å². The van der Waals surface area contributed by atoms with Crippen LogP contribution >= 0.6 is 12.2 Å². The summed E-state index contributed by atoms with van der Waals surface area (Å²) >= 11 is 4.89. The Labute approximate surface area is 88.9 Å². The van der Waals surface area contributed by atoms with E-state index in [2.05, 4.69) is 17.6 Å². The summed E-state index contributed by atoms with van der Waals surface area (Å²) in [6.45, 7) is 2.26. The molecule has 0 aromatic rings. The van der Waals surface area contributed by atoms with Crippen LogP contribution < -0.4 is 10.6 Å². The third-order valence-electron chi connectivity index (χ3n) is 2.92. The van der Waals surface area contributed by atoms with E-state index in [4.69, 9.17) is 12.2 Å². The molecule has 76 valence electrons. The standard InChI is InChI=1S/C10H14N2OS/c1-6-2-4-7(5-3-6)8-9(13)12-10(14)11-8/h6H,2-5H2,1H3,(H2,11,12,13,14). The summed E-state index contributed by atoms with van der Waals surface area (Å²) in [4.78, 5) is 11.4. The van der Waals surface area contributed by atoms with Crippen molar-refractivity contribution in [3.05, 3.63) is 11.3 Å². The molecule has 3 nitrogen and oxygen atoms in total. The Morgan fingerprint density at radius 2 is 1.93 bits per heavy atom. The maximum Gasteiger partial charge on any atom is 0.273 e. The molecule has 1 heterocycles. The Morgan fingerprint density at radius 3 is 2.43 bits per heavy atom. The molecule has 2 fully saturated rings. The molecule has 1 saturated carbocycles. The minimum Gasteiger partial charge on any atom is -0.328 e. The van der Waals surface area contributed by atoms with Gasteiger partial charge in [0.05, 0.1) is 0 Å². The van der Waals surface area contributed by atoms with Gasteiger partial charge in [0.1, 0.15) is 5.70 Å². The minimum absolute atomic E-state index is 0.0560. The van der Waals surface area contributed by atoms with Gasteiger partial charge >= 0.3 is 0 Å². The van der Waals surface area contributed by atoms with E-state index in [-0.39, 0.29) is 5.91 Å². The number of carbonyl (C=O) groups is 1. The zero-order valence-electron chi connectivity index (χ0n) is 8.22. The van der Waals surface area contributed by atoms with Gasteiger partial charge in [-0.1, -0.05) is 6.92 Å². The van der Waals surface area contributed by atoms with Gasteiger partial charge in [-0.3, -0.25) is 10.1 Å². The first kappa shape index (κ1) is 9.65. The molecule has 0 radical (unpaired) electrons. The lowest BCUT2D eigenvalue weighted by atomic mass is 9.86. The average molecular weight is 210 g/mol. The maximum absolute atomic E-state index is 11.4. The molecule has 1 aliphatic heterocycles. The SMILES string of the molecule is CC1CCC(=C2NC(=S)NC2=O)CC1. The number of amides is 1. The molecule has 1 amide bonds. The monoisotopic (exact) mass is 210 g/mol. The summed E-state index contributed by atoms with van der Waals surface area (Å²) in [5.74, 6) is 0.732. The van der Waals surface area contributed by atoms with Gasteiger partial charge < -0.3 is 5.32 Å². The topological polar surface area (TPSA) is 41.1 Å². The van der Waals surface area contributed by atoms with Crippen LogP contribution in [0.15, 0.2) is 11.3 Å². The molecule has 1 aliphatic carbocycles. The lowest BCUT2D eigenvalue weighted by Gasteiger charge is -2.21. The molecule has 0 atom stereocenters. The highest BCUT2D eigenvalue weighted by Crippen LogP contribution is 2.29. The van der Waals surface area contributed by atoms with Gasteiger partial charge in [0.15, 0.2) is 5.11 Å². The summed E-state index contributed by atoms with van der Waals surface area (Å²) in [5, 5.41) is 5.98. The number of rotatable bonds is 0. The van der Waals surface area contributed by atoms with Crippen LogP contribution in [0.5, 0.6) is 0 Å². The Balaban J connectivity index is 2.15. The van der Waals surface area contributed by atoms with Crippen molar-refractivity contribution in [2.24, 2.45) is 5.92 Å². The van der Waals surface area contributed by atoms with Crippen molar-refractivity contribution >= 4 is 23.2 Å². The molecule has 0 aromatic carbocycles. The summed E-state index contributed by atoms with van der Waals surface area (Å²) in [7, 11) is 0. The zero-order chi connectivity index (χ0) is 10.1. The van der Waals surface area contributed by atoms with Gasteiger partial charge in [-0.15, -0.1) is 0 Å². The average Bonchev–Trinajstić information content (AvgIpc) is 2.47. The molecule has 0 unspecified atom stereocenters. The molecule has 2 aliphatic rings. The van der Waals surface area contributed by atoms with Crippen molar-refractivity contribution in [1.29, 1.82) is 0 Å². The summed E-state index contributed by atoms with van der Waals surface area (Å²) in [5.41, 5.74) is 1.95. The number of thiocarbonyl (C=S) groups is 1. The molecule has 4 heteroatoms. The molecule has 2 rings (SSSR count). The van der Waals surface area contributed by atoms with Crippen LogP contribution in [0.3, 0.4) is 0 Å². The van der Waals surface area contributed by atoms with Gasteiger partial charge in [0.2, 0.25) is 0 Å². The summed E-state index contributed by atoms with van der Waals surface area (Å²) < 4.78 is 0. The zero-order valence-corrected chi connectivity index (χ0v) is 9.04. The van der Waals surface area contributed by atoms with E-state index in [0.717, 1.165) is 18.8 Å². The molecule has 14 heavy (non-hydrogen) atoms. The van der Waals surface area contributed by atoms with Crippen molar-refractivity contribution in [2.75, 3.05) is 0 Å². The van der Waals surface area contributed by atoms with Crippen molar-refractivity contribution in [1.82, 2.24) is 10.6 Å². The van der Waals surface area contributed by atoms with E-state index >= 15 is 0 Å². The summed E-state index contributed by atoms with van der Waals surface area (Å²) in [6.07, 6.45) is 4.42. The fourth-order valence-electron chi connectivity index (χ4n) is 1.98. The molecule has 0 spiro atoms. The first-order chi connectivity index (χ1) is 6.66. The first-order valence-electron chi connectivity index (χ1n) is 5.01. The lowest BCUT2D eigenvalue weighted by molar-refractivity contribution is -0.115. The molecular weight excluding hydrogens is 196 g/mol. The normalized spacial score (nSPS) is 27.6. The van der Waals surface area contributed by atoms with Gasteiger partial charge in [-0.05, 0) is 49.4 Å². The van der Waals surface area contributed by atoms with Crippen molar-refractivity contribution in [3.8, 4) is 0 Å². The Bertz CT molecular complexity index is 312. The van der Waals surface area contributed by atoms with E-state index in [9.17, 15) is 4.79 Å². The number of nitrogens with one attached hydrogen (secondary N) is 2. The fourth-order valence-corrected chi connectivity index (χ4v) is 2.17. The van der Waals surface area contributed by atoms with Gasteiger partial charge in [0.25, 0.3) is 5.91 Å². The van der Waals surface area contributed by atoms with Gasteiger partial charge in [0, 0.05) is 0 Å². The molecule has 1 saturated heterocycles. The van der Waals surface area contributed by atoms with Crippen LogP contribution in [0.4, 0.5) is 0 Å². The van der Waals surface area contributed by atoms with Crippen molar-refractivity contribution in [2.45, 2.75) is 32.6 Å². The Kier molecular flexibility index (Phi) is 2.54. The smallest absolute Gasteiger partial charge is 0.273 e. The second-order valence-corrected chi connectivity index (χ2v) is 4.48. The van der Waals surface area contributed by atoms with Crippen LogP contribution in [0, 0.1) is 5.92 Å². The molecular formula is C10H14N2OS. The van der Waals surface area contributed by atoms with E-state index in [1.54, 1.807) is 0 Å². The highest BCUT2D eigenvalue weighted by atomic mass is 32.1. The van der Waals surface area contributed by atoms with E-state index in [0.29, 0.717) is 10.8 Å². The number of carbonyl (C=O) groups excluding carboxylic acids is 1. The lowest BCUT2D eigenvalue weighted by Crippen LogP contribution is -2.21. The van der Waals surface area contributed by atoms with Gasteiger partial charge in [-0.25, -0.2) is 0 Å². The summed E-state index contributed by atoms with van der Waals surface area (Å²) in [6, 6.07) is 0. The predicted molar refractivity (Wildman–Crippen MR) is 58.5 cm³/mol. The van der Waals surface area contributed by atoms with E-state index in [1.165, 1.54) is 18.4 Å². The van der Waals surface area contributed by atoms with Crippen molar-refractivity contribution < 1.29 is 4.79 Å². The fraction of sp³-hybridized carbons (Fsp3) is 0.600. The largest absolute Gasteiger partial charge is 0.328 e. The number of hydrogen-bond acceptors (Lipinski definition) is 2. The molecule has 0 bridgehead atoms. The quantitative estimate of drug-likeness (QED) is 0.470. The van der Waals surface area contributed by atoms with E-state index in [1.807, 2.05) is 0 Å². The third kappa shape index (κ3) is 1.80. The Hall–Kier alpha value is -0.900.